The zero-order chi connectivity index (χ0) is 12.5. The summed E-state index contributed by atoms with van der Waals surface area (Å²) in [5.74, 6) is 1.05. The molecule has 90 valence electrons. The number of pyridine rings is 1. The van der Waals surface area contributed by atoms with Crippen molar-refractivity contribution in [2.75, 3.05) is 0 Å². The van der Waals surface area contributed by atoms with Crippen LogP contribution in [0.4, 0.5) is 0 Å². The van der Waals surface area contributed by atoms with Crippen LogP contribution in [0.25, 0.3) is 22.3 Å². The van der Waals surface area contributed by atoms with E-state index in [9.17, 15) is 5.11 Å². The van der Waals surface area contributed by atoms with Gasteiger partial charge in [0.25, 0.3) is 0 Å². The van der Waals surface area contributed by atoms with Crippen LogP contribution in [-0.2, 0) is 6.42 Å². The Morgan fingerprint density at radius 1 is 1.17 bits per heavy atom. The van der Waals surface area contributed by atoms with Gasteiger partial charge in [-0.05, 0) is 42.8 Å². The highest BCUT2D eigenvalue weighted by atomic mass is 16.3. The Morgan fingerprint density at radius 3 is 2.89 bits per heavy atom. The molecule has 1 N–H and O–H groups in total. The van der Waals surface area contributed by atoms with Gasteiger partial charge >= 0.3 is 0 Å². The number of hydrogen-bond acceptors (Lipinski definition) is 3. The summed E-state index contributed by atoms with van der Waals surface area (Å²) in [6, 6.07) is 11.0. The highest BCUT2D eigenvalue weighted by Gasteiger charge is 2.07. The summed E-state index contributed by atoms with van der Waals surface area (Å²) in [4.78, 5) is 4.27. The second-order valence-electron chi connectivity index (χ2n) is 4.22. The van der Waals surface area contributed by atoms with E-state index in [0.717, 1.165) is 34.4 Å². The number of aromatic hydroxyl groups is 1. The van der Waals surface area contributed by atoms with Crippen molar-refractivity contribution in [2.24, 2.45) is 0 Å². The molecular formula is C15H13NO2. The molecule has 0 spiro atoms. The fourth-order valence-corrected chi connectivity index (χ4v) is 2.00. The third kappa shape index (κ3) is 1.84. The molecule has 0 aliphatic heterocycles. The zero-order valence-corrected chi connectivity index (χ0v) is 10.1. The molecule has 0 saturated heterocycles. The number of furan rings is 1. The first-order valence-corrected chi connectivity index (χ1v) is 5.94. The fraction of sp³-hybridized carbons (Fsp3) is 0.133. The Kier molecular flexibility index (Phi) is 2.52. The van der Waals surface area contributed by atoms with Gasteiger partial charge in [0, 0.05) is 22.8 Å². The lowest BCUT2D eigenvalue weighted by atomic mass is 10.1. The maximum atomic E-state index is 9.44. The second kappa shape index (κ2) is 4.18. The van der Waals surface area contributed by atoms with Crippen LogP contribution in [0.2, 0.25) is 0 Å². The van der Waals surface area contributed by atoms with Crippen LogP contribution >= 0.6 is 0 Å². The summed E-state index contributed by atoms with van der Waals surface area (Å²) in [6.07, 6.45) is 2.69. The Balaban J connectivity index is 2.13. The van der Waals surface area contributed by atoms with Crippen molar-refractivity contribution < 1.29 is 9.52 Å². The van der Waals surface area contributed by atoms with Gasteiger partial charge in [-0.1, -0.05) is 6.92 Å². The van der Waals surface area contributed by atoms with Crippen molar-refractivity contribution in [1.82, 2.24) is 4.98 Å². The first kappa shape index (κ1) is 10.8. The molecule has 0 radical (unpaired) electrons. The van der Waals surface area contributed by atoms with Crippen molar-refractivity contribution in [3.63, 3.8) is 0 Å². The predicted octanol–water partition coefficient (Wildman–Crippen LogP) is 3.76. The molecule has 0 unspecified atom stereocenters. The topological polar surface area (TPSA) is 46.3 Å². The normalized spacial score (nSPS) is 10.9. The summed E-state index contributed by atoms with van der Waals surface area (Å²) < 4.78 is 5.77. The van der Waals surface area contributed by atoms with Gasteiger partial charge in [0.05, 0.1) is 0 Å². The fourth-order valence-electron chi connectivity index (χ4n) is 2.00. The minimum Gasteiger partial charge on any atom is -0.508 e. The van der Waals surface area contributed by atoms with Gasteiger partial charge in [0.2, 0.25) is 0 Å². The third-order valence-electron chi connectivity index (χ3n) is 2.96. The van der Waals surface area contributed by atoms with E-state index < -0.39 is 0 Å². The minimum atomic E-state index is 0.249. The molecule has 3 nitrogen and oxygen atoms in total. The van der Waals surface area contributed by atoms with Crippen LogP contribution < -0.4 is 0 Å². The Hall–Kier alpha value is -2.29. The summed E-state index contributed by atoms with van der Waals surface area (Å²) in [5, 5.41) is 10.3. The molecule has 0 saturated carbocycles. The van der Waals surface area contributed by atoms with Crippen LogP contribution in [0.15, 0.2) is 47.0 Å². The molecule has 3 rings (SSSR count). The lowest BCUT2D eigenvalue weighted by Crippen LogP contribution is -1.85. The molecule has 3 aromatic rings. The molecular weight excluding hydrogens is 226 g/mol. The number of fused-ring (bicyclic) bond motifs is 1. The molecule has 1 aromatic carbocycles. The number of phenols is 1. The number of benzene rings is 1. The molecule has 2 heterocycles. The Morgan fingerprint density at radius 2 is 2.06 bits per heavy atom. The van der Waals surface area contributed by atoms with Gasteiger partial charge in [-0.25, -0.2) is 0 Å². The molecule has 2 aromatic heterocycles. The maximum absolute atomic E-state index is 9.44. The van der Waals surface area contributed by atoms with Crippen LogP contribution in [0.5, 0.6) is 5.75 Å². The largest absolute Gasteiger partial charge is 0.508 e. The minimum absolute atomic E-state index is 0.249. The van der Waals surface area contributed by atoms with E-state index in [1.165, 1.54) is 0 Å². The first-order valence-electron chi connectivity index (χ1n) is 5.94. The summed E-state index contributed by atoms with van der Waals surface area (Å²) in [5.41, 5.74) is 2.83. The van der Waals surface area contributed by atoms with Crippen LogP contribution in [0.3, 0.4) is 0 Å². The predicted molar refractivity (Wildman–Crippen MR) is 70.5 cm³/mol. The number of aromatic nitrogens is 1. The quantitative estimate of drug-likeness (QED) is 0.740. The van der Waals surface area contributed by atoms with Crippen LogP contribution in [-0.4, -0.2) is 10.1 Å². The van der Waals surface area contributed by atoms with Gasteiger partial charge < -0.3 is 9.52 Å². The van der Waals surface area contributed by atoms with Crippen molar-refractivity contribution in [3.8, 4) is 17.1 Å². The van der Waals surface area contributed by atoms with E-state index in [4.69, 9.17) is 4.42 Å². The smallest absolute Gasteiger partial charge is 0.135 e. The number of nitrogens with zero attached hydrogens (tertiary/aromatic N) is 1. The van der Waals surface area contributed by atoms with E-state index in [-0.39, 0.29) is 5.75 Å². The maximum Gasteiger partial charge on any atom is 0.135 e. The third-order valence-corrected chi connectivity index (χ3v) is 2.96. The average Bonchev–Trinajstić information content (AvgIpc) is 2.81. The molecule has 0 bridgehead atoms. The molecule has 0 fully saturated rings. The summed E-state index contributed by atoms with van der Waals surface area (Å²) >= 11 is 0. The molecule has 0 aliphatic rings. The summed E-state index contributed by atoms with van der Waals surface area (Å²) in [6.45, 7) is 2.07. The van der Waals surface area contributed by atoms with Crippen LogP contribution in [0, 0.1) is 0 Å². The SMILES string of the molecule is CCc1cc(-c2cc3cc(O)ccc3o2)ccn1. The second-order valence-corrected chi connectivity index (χ2v) is 4.22. The monoisotopic (exact) mass is 239 g/mol. The van der Waals surface area contributed by atoms with Gasteiger partial charge in [-0.15, -0.1) is 0 Å². The van der Waals surface area contributed by atoms with Crippen molar-refractivity contribution >= 4 is 11.0 Å². The van der Waals surface area contributed by atoms with Gasteiger partial charge in [0.15, 0.2) is 0 Å². The zero-order valence-electron chi connectivity index (χ0n) is 10.1. The number of hydrogen-bond donors (Lipinski definition) is 1. The van der Waals surface area contributed by atoms with E-state index in [1.54, 1.807) is 24.4 Å². The van der Waals surface area contributed by atoms with Gasteiger partial charge in [0.1, 0.15) is 17.1 Å². The standard InChI is InChI=1S/C15H13NO2/c1-2-12-7-10(5-6-16-12)15-9-11-8-13(17)3-4-14(11)18-15/h3-9,17H,2H2,1H3. The number of aryl methyl sites for hydroxylation is 1. The lowest BCUT2D eigenvalue weighted by Gasteiger charge is -1.98. The highest BCUT2D eigenvalue weighted by molar-refractivity contribution is 5.84. The van der Waals surface area contributed by atoms with Crippen molar-refractivity contribution in [2.45, 2.75) is 13.3 Å². The number of phenolic OH excluding ortho intramolecular Hbond substituents is 1. The van der Waals surface area contributed by atoms with Crippen molar-refractivity contribution in [3.05, 3.63) is 48.3 Å². The lowest BCUT2D eigenvalue weighted by molar-refractivity contribution is 0.476. The van der Waals surface area contributed by atoms with E-state index in [2.05, 4.69) is 11.9 Å². The van der Waals surface area contributed by atoms with Crippen molar-refractivity contribution in [1.29, 1.82) is 0 Å². The molecule has 18 heavy (non-hydrogen) atoms. The van der Waals surface area contributed by atoms with E-state index in [1.807, 2.05) is 18.2 Å². The molecule has 0 atom stereocenters. The van der Waals surface area contributed by atoms with Gasteiger partial charge in [-0.2, -0.15) is 0 Å². The van der Waals surface area contributed by atoms with Gasteiger partial charge in [-0.3, -0.25) is 4.98 Å². The van der Waals surface area contributed by atoms with E-state index >= 15 is 0 Å². The average molecular weight is 239 g/mol. The Bertz CT molecular complexity index is 701. The van der Waals surface area contributed by atoms with E-state index in [0.29, 0.717) is 0 Å². The molecule has 3 heteroatoms. The molecule has 0 aliphatic carbocycles. The highest BCUT2D eigenvalue weighted by Crippen LogP contribution is 2.29. The Labute approximate surface area is 105 Å². The van der Waals surface area contributed by atoms with Crippen LogP contribution in [0.1, 0.15) is 12.6 Å². The molecule has 0 amide bonds. The first-order chi connectivity index (χ1) is 8.76. The summed E-state index contributed by atoms with van der Waals surface area (Å²) in [7, 11) is 0. The number of rotatable bonds is 2.